The fourth-order valence-electron chi connectivity index (χ4n) is 3.84. The fraction of sp³-hybridized carbons (Fsp3) is 0.318. The number of ether oxygens (including phenoxy) is 2. The molecule has 0 fully saturated rings. The molecule has 4 rings (SSSR count). The Bertz CT molecular complexity index is 1110. The van der Waals surface area contributed by atoms with E-state index in [1.54, 1.807) is 26.5 Å². The summed E-state index contributed by atoms with van der Waals surface area (Å²) in [4.78, 5) is 25.2. The van der Waals surface area contributed by atoms with Crippen molar-refractivity contribution in [2.24, 2.45) is 0 Å². The second-order valence-electron chi connectivity index (χ2n) is 7.29. The lowest BCUT2D eigenvalue weighted by atomic mass is 9.94. The fourth-order valence-corrected chi connectivity index (χ4v) is 4.09. The number of fused-ring (bicyclic) bond motifs is 1. The number of halogens is 1. The van der Waals surface area contributed by atoms with Gasteiger partial charge in [-0.2, -0.15) is 0 Å². The van der Waals surface area contributed by atoms with E-state index < -0.39 is 0 Å². The molecule has 9 heteroatoms. The molecule has 0 saturated heterocycles. The summed E-state index contributed by atoms with van der Waals surface area (Å²) < 4.78 is 10.8. The number of H-pyrrole nitrogens is 1. The van der Waals surface area contributed by atoms with Gasteiger partial charge in [0.25, 0.3) is 5.91 Å². The van der Waals surface area contributed by atoms with E-state index in [2.05, 4.69) is 25.6 Å². The Morgan fingerprint density at radius 1 is 1.29 bits per heavy atom. The SMILES string of the molecule is COCCC1CNC(=O)c2c1[nH]c(-c1ccnc(C)n1)c2Nc1cccc(Cl)c1OC. The smallest absolute Gasteiger partial charge is 0.255 e. The molecule has 3 aromatic rings. The number of aryl methyl sites for hydroxylation is 1. The van der Waals surface area contributed by atoms with Crippen LogP contribution in [0.4, 0.5) is 11.4 Å². The second kappa shape index (κ2) is 8.95. The molecule has 0 saturated carbocycles. The third-order valence-electron chi connectivity index (χ3n) is 5.31. The number of anilines is 2. The van der Waals surface area contributed by atoms with E-state index in [9.17, 15) is 4.79 Å². The molecule has 0 aliphatic carbocycles. The van der Waals surface area contributed by atoms with Crippen molar-refractivity contribution in [1.82, 2.24) is 20.3 Å². The molecule has 0 bridgehead atoms. The number of rotatable bonds is 7. The van der Waals surface area contributed by atoms with E-state index in [0.717, 1.165) is 12.1 Å². The zero-order valence-electron chi connectivity index (χ0n) is 17.6. The number of hydrogen-bond acceptors (Lipinski definition) is 6. The van der Waals surface area contributed by atoms with E-state index in [0.29, 0.717) is 58.1 Å². The maximum atomic E-state index is 13.0. The normalized spacial score (nSPS) is 15.4. The van der Waals surface area contributed by atoms with Gasteiger partial charge in [-0.05, 0) is 31.5 Å². The zero-order valence-corrected chi connectivity index (χ0v) is 18.3. The van der Waals surface area contributed by atoms with Gasteiger partial charge in [0, 0.05) is 38.1 Å². The molecule has 1 amide bonds. The minimum absolute atomic E-state index is 0.0890. The maximum Gasteiger partial charge on any atom is 0.255 e. The topological polar surface area (TPSA) is 101 Å². The summed E-state index contributed by atoms with van der Waals surface area (Å²) >= 11 is 6.31. The number of nitrogens with zero attached hydrogens (tertiary/aromatic N) is 2. The van der Waals surface area contributed by atoms with Crippen LogP contribution in [-0.2, 0) is 4.74 Å². The Morgan fingerprint density at radius 2 is 2.13 bits per heavy atom. The van der Waals surface area contributed by atoms with Crippen LogP contribution < -0.4 is 15.4 Å². The zero-order chi connectivity index (χ0) is 22.0. The van der Waals surface area contributed by atoms with Crippen molar-refractivity contribution in [1.29, 1.82) is 0 Å². The molecule has 1 atom stereocenters. The summed E-state index contributed by atoms with van der Waals surface area (Å²) in [7, 11) is 3.23. The highest BCUT2D eigenvalue weighted by Crippen LogP contribution is 2.42. The van der Waals surface area contributed by atoms with Crippen molar-refractivity contribution in [2.45, 2.75) is 19.3 Å². The number of nitrogens with one attached hydrogen (secondary N) is 3. The molecule has 1 aromatic carbocycles. The van der Waals surface area contributed by atoms with Gasteiger partial charge in [0.05, 0.1) is 40.5 Å². The molecule has 2 aromatic heterocycles. The molecule has 3 heterocycles. The van der Waals surface area contributed by atoms with Crippen LogP contribution in [0.2, 0.25) is 5.02 Å². The number of para-hydroxylation sites is 1. The van der Waals surface area contributed by atoms with Crippen molar-refractivity contribution >= 4 is 28.9 Å². The van der Waals surface area contributed by atoms with Crippen LogP contribution in [0, 0.1) is 6.92 Å². The third kappa shape index (κ3) is 4.08. The summed E-state index contributed by atoms with van der Waals surface area (Å²) in [6, 6.07) is 7.23. The van der Waals surface area contributed by atoms with Crippen LogP contribution >= 0.6 is 11.6 Å². The number of aromatic nitrogens is 3. The van der Waals surface area contributed by atoms with Crippen molar-refractivity contribution in [3.05, 3.63) is 52.6 Å². The molecule has 0 radical (unpaired) electrons. The van der Waals surface area contributed by atoms with Crippen molar-refractivity contribution in [2.75, 3.05) is 32.7 Å². The molecule has 31 heavy (non-hydrogen) atoms. The van der Waals surface area contributed by atoms with Gasteiger partial charge in [0.1, 0.15) is 5.82 Å². The second-order valence-corrected chi connectivity index (χ2v) is 7.69. The maximum absolute atomic E-state index is 13.0. The first kappa shape index (κ1) is 21.1. The summed E-state index contributed by atoms with van der Waals surface area (Å²) in [5.41, 5.74) is 4.07. The van der Waals surface area contributed by atoms with Gasteiger partial charge in [0.15, 0.2) is 5.75 Å². The Kier molecular flexibility index (Phi) is 6.11. The first-order chi connectivity index (χ1) is 15.0. The molecule has 8 nitrogen and oxygen atoms in total. The average molecular weight is 442 g/mol. The standard InChI is InChI=1S/C22H24ClN5O3/c1-12-24-9-7-15(26-12)19-20(27-16-6-4-5-14(23)21(16)31-3)17-18(28-19)13(8-10-30-2)11-25-22(17)29/h4-7,9,13,27-28H,8,10-11H2,1-3H3,(H,25,29). The third-order valence-corrected chi connectivity index (χ3v) is 5.60. The number of hydrogen-bond donors (Lipinski definition) is 3. The van der Waals surface area contributed by atoms with Crippen molar-refractivity contribution < 1.29 is 14.3 Å². The van der Waals surface area contributed by atoms with Crippen LogP contribution in [0.25, 0.3) is 11.4 Å². The lowest BCUT2D eigenvalue weighted by Gasteiger charge is -2.23. The number of carbonyl (C=O) groups is 1. The minimum Gasteiger partial charge on any atom is -0.493 e. The predicted molar refractivity (Wildman–Crippen MR) is 119 cm³/mol. The Hall–Kier alpha value is -3.10. The van der Waals surface area contributed by atoms with Gasteiger partial charge < -0.3 is 25.1 Å². The lowest BCUT2D eigenvalue weighted by Crippen LogP contribution is -2.35. The largest absolute Gasteiger partial charge is 0.493 e. The number of carbonyl (C=O) groups excluding carboxylic acids is 1. The number of aromatic amines is 1. The van der Waals surface area contributed by atoms with Crippen LogP contribution in [-0.4, -0.2) is 48.2 Å². The molecule has 162 valence electrons. The van der Waals surface area contributed by atoms with E-state index in [4.69, 9.17) is 21.1 Å². The summed E-state index contributed by atoms with van der Waals surface area (Å²) in [6.07, 6.45) is 2.47. The quantitative estimate of drug-likeness (QED) is 0.511. The highest BCUT2D eigenvalue weighted by atomic mass is 35.5. The van der Waals surface area contributed by atoms with Gasteiger partial charge in [-0.25, -0.2) is 9.97 Å². The first-order valence-electron chi connectivity index (χ1n) is 9.96. The summed E-state index contributed by atoms with van der Waals surface area (Å²) in [5, 5.41) is 6.84. The number of amides is 1. The molecule has 1 aliphatic heterocycles. The lowest BCUT2D eigenvalue weighted by molar-refractivity contribution is 0.0935. The molecule has 1 aliphatic rings. The van der Waals surface area contributed by atoms with Gasteiger partial charge in [-0.1, -0.05) is 17.7 Å². The van der Waals surface area contributed by atoms with Gasteiger partial charge >= 0.3 is 0 Å². The molecule has 1 unspecified atom stereocenters. The predicted octanol–water partition coefficient (Wildman–Crippen LogP) is 4.05. The Balaban J connectivity index is 1.89. The Morgan fingerprint density at radius 3 is 2.87 bits per heavy atom. The van der Waals surface area contributed by atoms with Crippen LogP contribution in [0.5, 0.6) is 5.75 Å². The number of benzene rings is 1. The van der Waals surface area contributed by atoms with E-state index in [1.165, 1.54) is 0 Å². The molecule has 3 N–H and O–H groups in total. The summed E-state index contributed by atoms with van der Waals surface area (Å²) in [5.74, 6) is 1.07. The van der Waals surface area contributed by atoms with Gasteiger partial charge in [-0.3, -0.25) is 4.79 Å². The van der Waals surface area contributed by atoms with Gasteiger partial charge in [0.2, 0.25) is 0 Å². The van der Waals surface area contributed by atoms with E-state index >= 15 is 0 Å². The van der Waals surface area contributed by atoms with Gasteiger partial charge in [-0.15, -0.1) is 0 Å². The summed E-state index contributed by atoms with van der Waals surface area (Å²) in [6.45, 7) is 2.96. The van der Waals surface area contributed by atoms with E-state index in [-0.39, 0.29) is 11.8 Å². The number of methoxy groups -OCH3 is 2. The monoisotopic (exact) mass is 441 g/mol. The van der Waals surface area contributed by atoms with Crippen LogP contribution in [0.15, 0.2) is 30.5 Å². The molecular formula is C22H24ClN5O3. The highest BCUT2D eigenvalue weighted by Gasteiger charge is 2.33. The minimum atomic E-state index is -0.152. The van der Waals surface area contributed by atoms with E-state index in [1.807, 2.05) is 25.1 Å². The van der Waals surface area contributed by atoms with Crippen LogP contribution in [0.1, 0.15) is 34.2 Å². The average Bonchev–Trinajstić information content (AvgIpc) is 3.14. The van der Waals surface area contributed by atoms with Crippen LogP contribution in [0.3, 0.4) is 0 Å². The molecular weight excluding hydrogens is 418 g/mol. The highest BCUT2D eigenvalue weighted by molar-refractivity contribution is 6.32. The van der Waals surface area contributed by atoms with Crippen molar-refractivity contribution in [3.8, 4) is 17.1 Å². The first-order valence-corrected chi connectivity index (χ1v) is 10.3. The Labute approximate surface area is 185 Å². The van der Waals surface area contributed by atoms with Crippen molar-refractivity contribution in [3.63, 3.8) is 0 Å². The molecule has 0 spiro atoms.